The van der Waals surface area contributed by atoms with Gasteiger partial charge in [-0.05, 0) is 12.2 Å². The zero-order chi connectivity index (χ0) is 13.0. The van der Waals surface area contributed by atoms with E-state index in [4.69, 9.17) is 21.7 Å². The number of nitrogens with zero attached hydrogens (tertiary/aromatic N) is 2. The summed E-state index contributed by atoms with van der Waals surface area (Å²) in [6.07, 6.45) is 1.20. The number of carbonyl (C=O) groups excluding carboxylic acids is 1. The minimum atomic E-state index is -0.489. The molecule has 0 atom stereocenters. The van der Waals surface area contributed by atoms with Crippen LogP contribution >= 0.6 is 12.2 Å². The maximum Gasteiger partial charge on any atom is 0.278 e. The summed E-state index contributed by atoms with van der Waals surface area (Å²) in [7, 11) is 6.70. The summed E-state index contributed by atoms with van der Waals surface area (Å²) < 4.78 is 10.1. The molecular weight excluding hydrogens is 242 g/mol. The first-order valence-electron chi connectivity index (χ1n) is 5.06. The van der Waals surface area contributed by atoms with E-state index in [9.17, 15) is 4.79 Å². The molecule has 0 bridgehead atoms. The van der Waals surface area contributed by atoms with Gasteiger partial charge in [0, 0.05) is 34.5 Å². The summed E-state index contributed by atoms with van der Waals surface area (Å²) in [6.45, 7) is 0.266. The number of ether oxygens (including phenoxy) is 2. The molecule has 1 aliphatic rings. The number of hydrogen-bond acceptors (Lipinski definition) is 5. The van der Waals surface area contributed by atoms with Crippen molar-refractivity contribution in [1.29, 1.82) is 0 Å². The molecule has 96 valence electrons. The van der Waals surface area contributed by atoms with Crippen LogP contribution < -0.4 is 5.32 Å². The molecule has 1 aliphatic heterocycles. The van der Waals surface area contributed by atoms with Crippen molar-refractivity contribution in [1.82, 2.24) is 15.1 Å². The van der Waals surface area contributed by atoms with Gasteiger partial charge < -0.3 is 19.7 Å². The lowest BCUT2D eigenvalue weighted by molar-refractivity contribution is -0.134. The predicted octanol–water partition coefficient (Wildman–Crippen LogP) is -0.275. The van der Waals surface area contributed by atoms with Gasteiger partial charge in [0.15, 0.2) is 11.4 Å². The van der Waals surface area contributed by atoms with Gasteiger partial charge in [-0.15, -0.1) is 0 Å². The molecule has 0 aromatic heterocycles. The van der Waals surface area contributed by atoms with Crippen LogP contribution in [0.2, 0.25) is 0 Å². The van der Waals surface area contributed by atoms with Crippen LogP contribution in [0.4, 0.5) is 0 Å². The molecule has 0 aromatic carbocycles. The number of hydrogen-bond donors (Lipinski definition) is 1. The van der Waals surface area contributed by atoms with Gasteiger partial charge in [0.05, 0.1) is 6.54 Å². The highest BCUT2D eigenvalue weighted by Crippen LogP contribution is 2.11. The first-order valence-corrected chi connectivity index (χ1v) is 5.47. The Morgan fingerprint density at radius 2 is 2.06 bits per heavy atom. The number of thiocarbonyl (C=S) groups is 1. The van der Waals surface area contributed by atoms with Crippen molar-refractivity contribution < 1.29 is 14.3 Å². The van der Waals surface area contributed by atoms with E-state index in [1.807, 2.05) is 14.1 Å². The average molecular weight is 259 g/mol. The Balaban J connectivity index is 2.75. The van der Waals surface area contributed by atoms with Crippen LogP contribution in [0.1, 0.15) is 0 Å². The van der Waals surface area contributed by atoms with Crippen LogP contribution in [0.5, 0.6) is 0 Å². The molecule has 0 aliphatic carbocycles. The molecule has 17 heavy (non-hydrogen) atoms. The molecule has 1 fully saturated rings. The van der Waals surface area contributed by atoms with Crippen LogP contribution in [-0.2, 0) is 14.3 Å². The Labute approximate surface area is 106 Å². The van der Waals surface area contributed by atoms with Crippen molar-refractivity contribution in [2.24, 2.45) is 0 Å². The zero-order valence-electron chi connectivity index (χ0n) is 10.4. The van der Waals surface area contributed by atoms with Crippen LogP contribution in [-0.4, -0.2) is 62.0 Å². The Morgan fingerprint density at radius 3 is 2.53 bits per heavy atom. The maximum atomic E-state index is 12.0. The van der Waals surface area contributed by atoms with E-state index in [0.29, 0.717) is 10.8 Å². The van der Waals surface area contributed by atoms with E-state index in [2.05, 4.69) is 5.32 Å². The van der Waals surface area contributed by atoms with Crippen LogP contribution in [0, 0.1) is 0 Å². The maximum absolute atomic E-state index is 12.0. The Kier molecular flexibility index (Phi) is 4.86. The largest absolute Gasteiger partial charge is 0.382 e. The molecule has 1 rings (SSSR count). The summed E-state index contributed by atoms with van der Waals surface area (Å²) >= 11 is 5.09. The minimum absolute atomic E-state index is 0.178. The molecule has 0 spiro atoms. The monoisotopic (exact) mass is 259 g/mol. The summed E-state index contributed by atoms with van der Waals surface area (Å²) in [5.41, 5.74) is 0.450. The Morgan fingerprint density at radius 1 is 1.47 bits per heavy atom. The summed E-state index contributed by atoms with van der Waals surface area (Å²) in [6, 6.07) is 0. The first-order chi connectivity index (χ1) is 7.99. The predicted molar refractivity (Wildman–Crippen MR) is 67.0 cm³/mol. The van der Waals surface area contributed by atoms with Crippen molar-refractivity contribution in [3.63, 3.8) is 0 Å². The molecule has 1 amide bonds. The topological polar surface area (TPSA) is 54.0 Å². The van der Waals surface area contributed by atoms with E-state index in [0.717, 1.165) is 0 Å². The normalized spacial score (nSPS) is 18.2. The molecule has 6 nitrogen and oxygen atoms in total. The smallest absolute Gasteiger partial charge is 0.278 e. The van der Waals surface area contributed by atoms with Crippen molar-refractivity contribution in [2.45, 2.75) is 6.29 Å². The molecule has 0 saturated carbocycles. The number of rotatable bonds is 5. The first kappa shape index (κ1) is 13.9. The van der Waals surface area contributed by atoms with E-state index in [-0.39, 0.29) is 12.5 Å². The number of carbonyl (C=O) groups is 1. The number of methoxy groups -OCH3 is 2. The number of amides is 1. The van der Waals surface area contributed by atoms with Gasteiger partial charge in [-0.25, -0.2) is 0 Å². The second-order valence-corrected chi connectivity index (χ2v) is 4.14. The molecular formula is C10H17N3O3S. The molecule has 7 heteroatoms. The second-order valence-electron chi connectivity index (χ2n) is 3.75. The van der Waals surface area contributed by atoms with E-state index >= 15 is 0 Å². The summed E-state index contributed by atoms with van der Waals surface area (Å²) in [5.74, 6) is -0.178. The fourth-order valence-electron chi connectivity index (χ4n) is 1.38. The zero-order valence-corrected chi connectivity index (χ0v) is 11.2. The minimum Gasteiger partial charge on any atom is -0.382 e. The standard InChI is InChI=1S/C10H17N3O3S/c1-12(2)5-7-9(14)13(10(17)11-7)6-8(15-3)16-4/h5,8H,6H2,1-4H3,(H,11,17). The number of nitrogens with one attached hydrogen (secondary N) is 1. The van der Waals surface area contributed by atoms with Crippen molar-refractivity contribution in [3.8, 4) is 0 Å². The van der Waals surface area contributed by atoms with Crippen molar-refractivity contribution in [2.75, 3.05) is 34.9 Å². The molecule has 1 saturated heterocycles. The van der Waals surface area contributed by atoms with Crippen LogP contribution in [0.3, 0.4) is 0 Å². The highest BCUT2D eigenvalue weighted by Gasteiger charge is 2.32. The van der Waals surface area contributed by atoms with Gasteiger partial charge in [0.2, 0.25) is 0 Å². The lowest BCUT2D eigenvalue weighted by atomic mass is 10.4. The van der Waals surface area contributed by atoms with Gasteiger partial charge in [-0.1, -0.05) is 0 Å². The lowest BCUT2D eigenvalue weighted by Gasteiger charge is -2.20. The van der Waals surface area contributed by atoms with Crippen molar-refractivity contribution >= 4 is 23.2 Å². The lowest BCUT2D eigenvalue weighted by Crippen LogP contribution is -2.38. The fraction of sp³-hybridized carbons (Fsp3) is 0.600. The van der Waals surface area contributed by atoms with E-state index in [1.54, 1.807) is 11.1 Å². The quantitative estimate of drug-likeness (QED) is 0.416. The van der Waals surface area contributed by atoms with Crippen LogP contribution in [0.15, 0.2) is 11.9 Å². The highest BCUT2D eigenvalue weighted by atomic mass is 32.1. The van der Waals surface area contributed by atoms with Gasteiger partial charge in [0.1, 0.15) is 5.70 Å². The molecule has 1 N–H and O–H groups in total. The Bertz CT molecular complexity index is 340. The Hall–Kier alpha value is -1.18. The molecule has 0 unspecified atom stereocenters. The highest BCUT2D eigenvalue weighted by molar-refractivity contribution is 7.80. The molecule has 1 heterocycles. The van der Waals surface area contributed by atoms with Gasteiger partial charge in [0.25, 0.3) is 5.91 Å². The molecule has 0 radical (unpaired) electrons. The summed E-state index contributed by atoms with van der Waals surface area (Å²) in [4.78, 5) is 15.2. The second kappa shape index (κ2) is 5.95. The summed E-state index contributed by atoms with van der Waals surface area (Å²) in [5, 5.41) is 3.22. The third kappa shape index (κ3) is 3.39. The van der Waals surface area contributed by atoms with E-state index < -0.39 is 6.29 Å². The third-order valence-electron chi connectivity index (χ3n) is 2.21. The van der Waals surface area contributed by atoms with Crippen LogP contribution in [0.25, 0.3) is 0 Å². The molecule has 0 aromatic rings. The van der Waals surface area contributed by atoms with Crippen molar-refractivity contribution in [3.05, 3.63) is 11.9 Å². The average Bonchev–Trinajstić information content (AvgIpc) is 2.51. The SMILES string of the molecule is COC(CN1C(=O)C(=CN(C)C)NC1=S)OC. The van der Waals surface area contributed by atoms with Gasteiger partial charge in [-0.2, -0.15) is 0 Å². The van der Waals surface area contributed by atoms with Gasteiger partial charge >= 0.3 is 0 Å². The van der Waals surface area contributed by atoms with E-state index in [1.165, 1.54) is 19.1 Å². The fourth-order valence-corrected chi connectivity index (χ4v) is 1.65. The third-order valence-corrected chi connectivity index (χ3v) is 2.53. The van der Waals surface area contributed by atoms with Gasteiger partial charge in [-0.3, -0.25) is 9.69 Å².